The Labute approximate surface area is 95.2 Å². The first-order valence-electron chi connectivity index (χ1n) is 2.27. The van der Waals surface area contributed by atoms with Crippen LogP contribution in [0.25, 0.3) is 0 Å². The van der Waals surface area contributed by atoms with Crippen molar-refractivity contribution in [2.75, 3.05) is 20.9 Å². The Kier molecular flexibility index (Phi) is 6.61. The topological polar surface area (TPSA) is 0 Å². The van der Waals surface area contributed by atoms with Gasteiger partial charge in [0, 0.05) is 0 Å². The van der Waals surface area contributed by atoms with Gasteiger partial charge in [-0.25, -0.2) is 0 Å². The van der Waals surface area contributed by atoms with Crippen molar-refractivity contribution in [3.05, 3.63) is 0 Å². The van der Waals surface area contributed by atoms with Crippen LogP contribution in [0, 0.1) is 0 Å². The molecule has 0 aliphatic carbocycles. The number of hydrogen-bond acceptors (Lipinski definition) is 0. The fourth-order valence-electron chi connectivity index (χ4n) is 0.0678. The molecule has 56 valence electrons. The summed E-state index contributed by atoms with van der Waals surface area (Å²) in [7, 11) is 2.99. The van der Waals surface area contributed by atoms with Crippen molar-refractivity contribution in [2.45, 2.75) is 3.92 Å². The molecular weight excluding hydrogens is 300 g/mol. The van der Waals surface area contributed by atoms with E-state index in [1.54, 1.807) is 0 Å². The van der Waals surface area contributed by atoms with Crippen LogP contribution in [-0.4, -0.2) is 29.3 Å². The van der Waals surface area contributed by atoms with Gasteiger partial charge in [0.15, 0.2) is 0 Å². The van der Waals surface area contributed by atoms with Crippen LogP contribution in [0.4, 0.5) is 4.39 Å². The zero-order chi connectivity index (χ0) is 7.71. The van der Waals surface area contributed by atoms with Gasteiger partial charge in [-0.3, -0.25) is 4.48 Å². The Morgan fingerprint density at radius 2 is 1.60 bits per heavy atom. The second kappa shape index (κ2) is 4.65. The second-order valence-corrected chi connectivity index (χ2v) is 4.49. The molecule has 1 nitrogen and oxygen atoms in total. The van der Waals surface area contributed by atoms with E-state index in [0.29, 0.717) is 0 Å². The van der Waals surface area contributed by atoms with Gasteiger partial charge < -0.3 is 0 Å². The molecule has 0 saturated carbocycles. The molecule has 0 aromatic rings. The summed E-state index contributed by atoms with van der Waals surface area (Å²) in [4.78, 5) is 0. The summed E-state index contributed by atoms with van der Waals surface area (Å²) in [5.41, 5.74) is 0. The number of quaternary nitrogens is 1. The van der Waals surface area contributed by atoms with Crippen molar-refractivity contribution in [2.24, 2.45) is 0 Å². The molecule has 10 heavy (non-hydrogen) atoms. The van der Waals surface area contributed by atoms with E-state index in [1.807, 2.05) is 0 Å². The predicted octanol–water partition coefficient (Wildman–Crippen LogP) is 2.32. The zero-order valence-corrected chi connectivity index (χ0v) is 12.2. The Bertz CT molecular complexity index is 103. The van der Waals surface area contributed by atoms with Crippen LogP contribution in [0.1, 0.15) is 0 Å². The van der Waals surface area contributed by atoms with Crippen LogP contribution >= 0.6 is 34.8 Å². The maximum absolute atomic E-state index is 12.0. The van der Waals surface area contributed by atoms with Gasteiger partial charge >= 0.3 is 31.2 Å². The minimum Gasteiger partial charge on any atom is -0.258 e. The van der Waals surface area contributed by atoms with Gasteiger partial charge in [-0.2, -0.15) is 4.39 Å². The maximum Gasteiger partial charge on any atom is 2.00 e. The first-order valence-corrected chi connectivity index (χ1v) is 3.40. The van der Waals surface area contributed by atoms with E-state index in [0.717, 1.165) is 0 Å². The van der Waals surface area contributed by atoms with Gasteiger partial charge in [-0.15, -0.1) is 0 Å². The normalized spacial score (nSPS) is 12.6. The van der Waals surface area contributed by atoms with Crippen molar-refractivity contribution in [3.8, 4) is 0 Å². The summed E-state index contributed by atoms with van der Waals surface area (Å²) in [6, 6.07) is 0. The summed E-state index contributed by atoms with van der Waals surface area (Å²) in [6.07, 6.45) is 0. The SMILES string of the molecule is C[N+](C)(CF)C(Cl)(Cl)Cl.[Cd+2]. The van der Waals surface area contributed by atoms with Crippen molar-refractivity contribution in [1.29, 1.82) is 0 Å². The molecule has 0 amide bonds. The van der Waals surface area contributed by atoms with Gasteiger partial charge in [-0.05, 0) is 34.8 Å². The minimum absolute atomic E-state index is 0. The predicted molar refractivity (Wildman–Crippen MR) is 38.4 cm³/mol. The first kappa shape index (κ1) is 14.2. The summed E-state index contributed by atoms with van der Waals surface area (Å²) in [5.74, 6) is 0. The molecule has 0 saturated heterocycles. The number of nitrogens with zero attached hydrogens (tertiary/aromatic N) is 1. The third-order valence-corrected chi connectivity index (χ3v) is 2.36. The molecule has 0 aromatic heterocycles. The molecule has 0 fully saturated rings. The molecule has 6 heteroatoms. The zero-order valence-electron chi connectivity index (χ0n) is 5.87. The Balaban J connectivity index is 0. The molecule has 0 bridgehead atoms. The van der Waals surface area contributed by atoms with E-state index in [-0.39, 0.29) is 31.8 Å². The summed E-state index contributed by atoms with van der Waals surface area (Å²) >= 11 is 16.2. The average molecular weight is 308 g/mol. The Morgan fingerprint density at radius 3 is 1.60 bits per heavy atom. The van der Waals surface area contributed by atoms with E-state index >= 15 is 0 Å². The fraction of sp³-hybridized carbons (Fsp3) is 1.00. The minimum atomic E-state index is -1.57. The van der Waals surface area contributed by atoms with E-state index in [2.05, 4.69) is 0 Å². The smallest absolute Gasteiger partial charge is 0.258 e. The summed E-state index contributed by atoms with van der Waals surface area (Å²) < 4.78 is 10.1. The molecule has 0 heterocycles. The molecule has 0 aliphatic rings. The van der Waals surface area contributed by atoms with Crippen LogP contribution in [0.3, 0.4) is 0 Å². The maximum atomic E-state index is 12.0. The van der Waals surface area contributed by atoms with Crippen LogP contribution in [0.5, 0.6) is 0 Å². The monoisotopic (exact) mass is 308 g/mol. The van der Waals surface area contributed by atoms with Crippen LogP contribution < -0.4 is 0 Å². The summed E-state index contributed by atoms with van der Waals surface area (Å²) in [6.45, 7) is -0.698. The molecule has 0 unspecified atom stereocenters. The van der Waals surface area contributed by atoms with Gasteiger partial charge in [0.25, 0.3) is 0 Å². The number of halogens is 4. The molecule has 0 rings (SSSR count). The molecule has 0 spiro atoms. The van der Waals surface area contributed by atoms with Gasteiger partial charge in [0.05, 0.1) is 14.1 Å². The van der Waals surface area contributed by atoms with E-state index < -0.39 is 10.7 Å². The second-order valence-electron chi connectivity index (χ2n) is 2.27. The van der Waals surface area contributed by atoms with E-state index in [1.165, 1.54) is 14.1 Å². The third kappa shape index (κ3) is 3.90. The standard InChI is InChI=1S/C4H8Cl3FN.Cd/c1-9(2,3-8)4(5,6)7;/h3H2,1-2H3;/q+1;+2. The van der Waals surface area contributed by atoms with Gasteiger partial charge in [0.1, 0.15) is 0 Å². The van der Waals surface area contributed by atoms with Crippen molar-refractivity contribution >= 4 is 34.8 Å². The van der Waals surface area contributed by atoms with Crippen molar-refractivity contribution < 1.29 is 36.2 Å². The molecule has 0 aliphatic heterocycles. The van der Waals surface area contributed by atoms with Crippen LogP contribution in [0.2, 0.25) is 0 Å². The molecule has 0 N–H and O–H groups in total. The number of rotatable bonds is 1. The molecular formula is C4H8CdCl3FN+3. The van der Waals surface area contributed by atoms with Gasteiger partial charge in [0.2, 0.25) is 6.80 Å². The number of hydrogen-bond donors (Lipinski definition) is 0. The molecule has 0 radical (unpaired) electrons. The molecule has 0 atom stereocenters. The van der Waals surface area contributed by atoms with E-state index in [9.17, 15) is 4.39 Å². The number of alkyl halides is 4. The molecule has 0 aromatic carbocycles. The van der Waals surface area contributed by atoms with E-state index in [4.69, 9.17) is 34.8 Å². The third-order valence-electron chi connectivity index (χ3n) is 0.985. The van der Waals surface area contributed by atoms with Crippen molar-refractivity contribution in [1.82, 2.24) is 0 Å². The Morgan fingerprint density at radius 1 is 1.30 bits per heavy atom. The van der Waals surface area contributed by atoms with Crippen molar-refractivity contribution in [3.63, 3.8) is 0 Å². The first-order chi connectivity index (χ1) is 3.81. The fourth-order valence-corrected chi connectivity index (χ4v) is 0.203. The van der Waals surface area contributed by atoms with Gasteiger partial charge in [-0.1, -0.05) is 0 Å². The largest absolute Gasteiger partial charge is 2.00 e. The quantitative estimate of drug-likeness (QED) is 0.302. The summed E-state index contributed by atoms with van der Waals surface area (Å²) in [5, 5.41) is 0. The van der Waals surface area contributed by atoms with Crippen LogP contribution in [-0.2, 0) is 27.3 Å². The average Bonchev–Trinajstić information content (AvgIpc) is 1.64. The Hall–Kier alpha value is 1.68. The van der Waals surface area contributed by atoms with Crippen LogP contribution in [0.15, 0.2) is 0 Å².